The molecule has 0 radical (unpaired) electrons. The van der Waals surface area contributed by atoms with Crippen molar-refractivity contribution in [1.29, 1.82) is 0 Å². The summed E-state index contributed by atoms with van der Waals surface area (Å²) in [4.78, 5) is 13.0. The summed E-state index contributed by atoms with van der Waals surface area (Å²) >= 11 is 0. The number of para-hydroxylation sites is 1. The number of nitrogens with one attached hydrogen (secondary N) is 1. The lowest BCUT2D eigenvalue weighted by Crippen LogP contribution is -2.36. The van der Waals surface area contributed by atoms with Gasteiger partial charge < -0.3 is 14.0 Å². The number of aromatic nitrogens is 5. The molecule has 230 valence electrons. The van der Waals surface area contributed by atoms with Gasteiger partial charge in [0.25, 0.3) is 5.56 Å². The number of ether oxygens (including phenoxy) is 1. The Bertz CT molecular complexity index is 1760. The SMILES string of the molecule is C[C@H]1[C@H]([Si](C)(C)F)[C@@H](CCn2cc(C(CO)c3ccccc3)nn2)O[C@H]1CCc1cccc(-n2[nH]c3ccccc3c2=O)c1. The lowest BCUT2D eigenvalue weighted by molar-refractivity contribution is 0.0247. The summed E-state index contributed by atoms with van der Waals surface area (Å²) < 4.78 is 25.7. The van der Waals surface area contributed by atoms with Crippen LogP contribution in [0, 0.1) is 5.92 Å². The van der Waals surface area contributed by atoms with Gasteiger partial charge in [-0.15, -0.1) is 5.10 Å². The molecule has 0 spiro atoms. The highest BCUT2D eigenvalue weighted by Gasteiger charge is 2.50. The van der Waals surface area contributed by atoms with Crippen LogP contribution >= 0.6 is 0 Å². The fourth-order valence-corrected chi connectivity index (χ4v) is 9.54. The lowest BCUT2D eigenvalue weighted by Gasteiger charge is -2.28. The molecule has 3 aromatic carbocycles. The van der Waals surface area contributed by atoms with Crippen molar-refractivity contribution in [2.24, 2.45) is 5.92 Å². The third-order valence-corrected chi connectivity index (χ3v) is 11.6. The number of halogens is 1. The number of hydrogen-bond donors (Lipinski definition) is 2. The summed E-state index contributed by atoms with van der Waals surface area (Å²) in [7, 11) is -3.02. The number of aryl methyl sites for hydroxylation is 2. The van der Waals surface area contributed by atoms with Gasteiger partial charge in [-0.3, -0.25) is 14.6 Å². The molecule has 2 aromatic heterocycles. The average molecular weight is 614 g/mol. The van der Waals surface area contributed by atoms with E-state index in [0.29, 0.717) is 24.0 Å². The van der Waals surface area contributed by atoms with Gasteiger partial charge in [0, 0.05) is 18.3 Å². The third-order valence-electron chi connectivity index (χ3n) is 9.12. The van der Waals surface area contributed by atoms with Crippen LogP contribution in [0.3, 0.4) is 0 Å². The van der Waals surface area contributed by atoms with Crippen LogP contribution < -0.4 is 5.56 Å². The van der Waals surface area contributed by atoms with Gasteiger partial charge >= 0.3 is 0 Å². The average Bonchev–Trinajstić information content (AvgIpc) is 3.71. The number of fused-ring (bicyclic) bond motifs is 1. The normalized spacial score (nSPS) is 21.2. The van der Waals surface area contributed by atoms with E-state index < -0.39 is 8.41 Å². The lowest BCUT2D eigenvalue weighted by atomic mass is 9.95. The predicted molar refractivity (Wildman–Crippen MR) is 172 cm³/mol. The highest BCUT2D eigenvalue weighted by molar-refractivity contribution is 6.72. The first-order valence-electron chi connectivity index (χ1n) is 15.4. The van der Waals surface area contributed by atoms with Crippen molar-refractivity contribution >= 4 is 19.3 Å². The van der Waals surface area contributed by atoms with E-state index >= 15 is 4.11 Å². The van der Waals surface area contributed by atoms with Gasteiger partial charge in [-0.2, -0.15) is 0 Å². The first-order chi connectivity index (χ1) is 21.2. The van der Waals surface area contributed by atoms with Crippen molar-refractivity contribution in [2.75, 3.05) is 6.61 Å². The molecule has 0 amide bonds. The minimum Gasteiger partial charge on any atom is -0.395 e. The van der Waals surface area contributed by atoms with E-state index in [1.165, 1.54) is 0 Å². The quantitative estimate of drug-likeness (QED) is 0.141. The maximum absolute atomic E-state index is 15.7. The van der Waals surface area contributed by atoms with Crippen molar-refractivity contribution in [3.63, 3.8) is 0 Å². The van der Waals surface area contributed by atoms with E-state index in [0.717, 1.165) is 35.2 Å². The maximum atomic E-state index is 15.7. The molecule has 0 bridgehead atoms. The summed E-state index contributed by atoms with van der Waals surface area (Å²) in [5.41, 5.74) is 4.21. The summed E-state index contributed by atoms with van der Waals surface area (Å²) in [5, 5.41) is 22.5. The topological polar surface area (TPSA) is 98.0 Å². The van der Waals surface area contributed by atoms with Crippen molar-refractivity contribution in [3.05, 3.63) is 112 Å². The van der Waals surface area contributed by atoms with Crippen molar-refractivity contribution in [2.45, 2.75) is 69.5 Å². The molecule has 0 aliphatic carbocycles. The zero-order valence-electron chi connectivity index (χ0n) is 25.4. The van der Waals surface area contributed by atoms with Crippen LogP contribution in [0.4, 0.5) is 4.11 Å². The number of H-pyrrole nitrogens is 1. The van der Waals surface area contributed by atoms with E-state index in [1.54, 1.807) is 22.5 Å². The Hall–Kier alpha value is -3.86. The molecule has 2 N–H and O–H groups in total. The highest BCUT2D eigenvalue weighted by Crippen LogP contribution is 2.47. The molecule has 5 aromatic rings. The number of benzene rings is 3. The predicted octanol–water partition coefficient (Wildman–Crippen LogP) is 6.01. The molecule has 8 nitrogen and oxygen atoms in total. The fourth-order valence-electron chi connectivity index (χ4n) is 6.95. The molecule has 0 saturated carbocycles. The summed E-state index contributed by atoms with van der Waals surface area (Å²) in [6, 6.07) is 25.3. The van der Waals surface area contributed by atoms with Gasteiger partial charge in [-0.1, -0.05) is 66.7 Å². The Balaban J connectivity index is 1.12. The molecule has 1 fully saturated rings. The molecule has 3 heterocycles. The van der Waals surface area contributed by atoms with Crippen LogP contribution in [0.25, 0.3) is 16.6 Å². The molecule has 1 saturated heterocycles. The number of aromatic amines is 1. The molecule has 1 aliphatic rings. The monoisotopic (exact) mass is 613 g/mol. The van der Waals surface area contributed by atoms with E-state index in [1.807, 2.05) is 79.0 Å². The van der Waals surface area contributed by atoms with Gasteiger partial charge in [0.15, 0.2) is 0 Å². The standard InChI is InChI=1S/C34H40FN5O3Si/c1-23-31(17-16-24-10-9-13-26(20-24)40-34(42)27-14-7-8-15-29(27)37-40)43-32(33(23)44(2,3)35)18-19-39-21-30(36-38-39)28(22-41)25-11-5-4-6-12-25/h4-15,20-21,23,28,31-33,37,41H,16-19,22H2,1-3H3/t23-,28?,31+,32-,33+/m1/s1. The van der Waals surface area contributed by atoms with Crippen LogP contribution in [0.1, 0.15) is 42.5 Å². The first-order valence-corrected chi connectivity index (χ1v) is 18.4. The first kappa shape index (κ1) is 30.2. The maximum Gasteiger partial charge on any atom is 0.279 e. The van der Waals surface area contributed by atoms with Crippen LogP contribution in [-0.4, -0.2) is 57.1 Å². The van der Waals surface area contributed by atoms with E-state index in [-0.39, 0.29) is 41.8 Å². The zero-order valence-corrected chi connectivity index (χ0v) is 26.4. The summed E-state index contributed by atoms with van der Waals surface area (Å²) in [6.45, 7) is 6.20. The smallest absolute Gasteiger partial charge is 0.279 e. The van der Waals surface area contributed by atoms with Gasteiger partial charge in [-0.25, -0.2) is 4.68 Å². The number of nitrogens with zero attached hydrogens (tertiary/aromatic N) is 4. The molecule has 1 aliphatic heterocycles. The zero-order chi connectivity index (χ0) is 30.8. The van der Waals surface area contributed by atoms with Crippen LogP contribution in [0.2, 0.25) is 18.6 Å². The molecular formula is C34H40FN5O3Si. The number of rotatable bonds is 11. The second kappa shape index (κ2) is 12.6. The Morgan fingerprint density at radius 3 is 2.55 bits per heavy atom. The largest absolute Gasteiger partial charge is 0.395 e. The van der Waals surface area contributed by atoms with Gasteiger partial charge in [-0.05, 0) is 73.7 Å². The molecule has 1 unspecified atom stereocenters. The molecule has 10 heteroatoms. The molecule has 44 heavy (non-hydrogen) atoms. The fraction of sp³-hybridized carbons (Fsp3) is 0.382. The van der Waals surface area contributed by atoms with Crippen LogP contribution in [0.15, 0.2) is 89.9 Å². The molecule has 6 rings (SSSR count). The molecule has 5 atom stereocenters. The second-order valence-corrected chi connectivity index (χ2v) is 16.3. The summed E-state index contributed by atoms with van der Waals surface area (Å²) in [5.74, 6) is -0.149. The van der Waals surface area contributed by atoms with E-state index in [2.05, 4.69) is 28.4 Å². The Morgan fingerprint density at radius 2 is 1.80 bits per heavy atom. The van der Waals surface area contributed by atoms with E-state index in [9.17, 15) is 9.90 Å². The van der Waals surface area contributed by atoms with Crippen molar-refractivity contribution in [3.8, 4) is 5.69 Å². The second-order valence-electron chi connectivity index (χ2n) is 12.5. The summed E-state index contributed by atoms with van der Waals surface area (Å²) in [6.07, 6.45) is 3.79. The third kappa shape index (κ3) is 6.20. The van der Waals surface area contributed by atoms with Crippen molar-refractivity contribution < 1.29 is 14.0 Å². The van der Waals surface area contributed by atoms with Gasteiger partial charge in [0.1, 0.15) is 0 Å². The van der Waals surface area contributed by atoms with Crippen LogP contribution in [0.5, 0.6) is 0 Å². The highest BCUT2D eigenvalue weighted by atomic mass is 28.4. The molecular weight excluding hydrogens is 573 g/mol. The Labute approximate surface area is 257 Å². The van der Waals surface area contributed by atoms with Gasteiger partial charge in [0.05, 0.1) is 47.0 Å². The van der Waals surface area contributed by atoms with E-state index in [4.69, 9.17) is 4.74 Å². The number of aliphatic hydroxyl groups excluding tert-OH is 1. The Morgan fingerprint density at radius 1 is 1.02 bits per heavy atom. The van der Waals surface area contributed by atoms with Gasteiger partial charge in [0.2, 0.25) is 8.41 Å². The Kier molecular flexibility index (Phi) is 8.66. The minimum atomic E-state index is -3.02. The van der Waals surface area contributed by atoms with Crippen LogP contribution in [-0.2, 0) is 17.7 Å². The number of aliphatic hydroxyl groups is 1. The minimum absolute atomic E-state index is 0.0568. The van der Waals surface area contributed by atoms with Crippen molar-refractivity contribution in [1.82, 2.24) is 24.8 Å². The number of hydrogen-bond acceptors (Lipinski definition) is 5.